The number of aliphatic hydroxyl groups excluding tert-OH is 1. The second-order valence-electron chi connectivity index (χ2n) is 8.62. The summed E-state index contributed by atoms with van der Waals surface area (Å²) in [6.45, 7) is 4.34. The molecule has 3 fully saturated rings. The molecule has 3 aliphatic rings. The monoisotopic (exact) mass is 390 g/mol. The third-order valence-electron chi connectivity index (χ3n) is 6.84. The van der Waals surface area contributed by atoms with Gasteiger partial charge < -0.3 is 15.0 Å². The number of H-pyrrole nitrogens is 1. The predicted octanol–water partition coefficient (Wildman–Crippen LogP) is 2.60. The molecule has 0 radical (unpaired) electrons. The Morgan fingerprint density at radius 1 is 1.11 bits per heavy atom. The van der Waals surface area contributed by atoms with Gasteiger partial charge >= 0.3 is 0 Å². The van der Waals surface area contributed by atoms with E-state index in [9.17, 15) is 5.11 Å². The van der Waals surface area contributed by atoms with E-state index in [1.807, 2.05) is 0 Å². The van der Waals surface area contributed by atoms with Gasteiger partial charge in [-0.15, -0.1) is 0 Å². The summed E-state index contributed by atoms with van der Waals surface area (Å²) in [7, 11) is 0. The van der Waals surface area contributed by atoms with Crippen LogP contribution in [0.5, 0.6) is 0 Å². The topological polar surface area (TPSA) is 81.2 Å². The number of aromatic nitrogens is 4. The molecule has 4 heterocycles. The Bertz CT molecular complexity index is 820. The lowest BCUT2D eigenvalue weighted by Gasteiger charge is -2.42. The first-order chi connectivity index (χ1) is 13.1. The van der Waals surface area contributed by atoms with Crippen LogP contribution in [0.3, 0.4) is 0 Å². The smallest absolute Gasteiger partial charge is 0.226 e. The fraction of sp³-hybridized carbons (Fsp3) is 0.737. The van der Waals surface area contributed by atoms with E-state index in [1.54, 1.807) is 6.33 Å². The van der Waals surface area contributed by atoms with Gasteiger partial charge in [0.25, 0.3) is 0 Å². The normalized spacial score (nSPS) is 32.6. The van der Waals surface area contributed by atoms with Crippen molar-refractivity contribution in [3.63, 3.8) is 0 Å². The van der Waals surface area contributed by atoms with Crippen molar-refractivity contribution in [3.8, 4) is 0 Å². The fourth-order valence-corrected chi connectivity index (χ4v) is 5.61. The van der Waals surface area contributed by atoms with Crippen LogP contribution in [-0.2, 0) is 0 Å². The molecule has 27 heavy (non-hydrogen) atoms. The summed E-state index contributed by atoms with van der Waals surface area (Å²) in [6, 6.07) is 0.648. The lowest BCUT2D eigenvalue weighted by molar-refractivity contribution is 0.0770. The van der Waals surface area contributed by atoms with Crippen LogP contribution in [0.1, 0.15) is 44.9 Å². The van der Waals surface area contributed by atoms with Crippen molar-refractivity contribution in [1.82, 2.24) is 24.8 Å². The maximum absolute atomic E-state index is 9.81. The van der Waals surface area contributed by atoms with Crippen LogP contribution in [-0.4, -0.2) is 68.3 Å². The van der Waals surface area contributed by atoms with Crippen molar-refractivity contribution in [3.05, 3.63) is 11.6 Å². The van der Waals surface area contributed by atoms with Crippen molar-refractivity contribution < 1.29 is 5.11 Å². The zero-order chi connectivity index (χ0) is 18.4. The van der Waals surface area contributed by atoms with E-state index >= 15 is 0 Å². The van der Waals surface area contributed by atoms with Crippen molar-refractivity contribution in [1.29, 1.82) is 0 Å². The highest BCUT2D eigenvalue weighted by atomic mass is 35.5. The molecule has 7 nitrogen and oxygen atoms in total. The Morgan fingerprint density at radius 3 is 2.81 bits per heavy atom. The summed E-state index contributed by atoms with van der Waals surface area (Å²) in [6.07, 6.45) is 9.45. The lowest BCUT2D eigenvalue weighted by Crippen LogP contribution is -2.46. The zero-order valence-electron chi connectivity index (χ0n) is 15.6. The highest BCUT2D eigenvalue weighted by molar-refractivity contribution is 6.28. The van der Waals surface area contributed by atoms with E-state index in [0.29, 0.717) is 17.1 Å². The van der Waals surface area contributed by atoms with E-state index < -0.39 is 0 Å². The SMILES string of the molecule is O[C@H]1CC[C@H](N2CC[C@]3(CCCN(c4nc(Cl)nc5[nH]cnc45)C3)C2)CC1. The molecule has 146 valence electrons. The number of piperidine rings is 1. The molecule has 0 bridgehead atoms. The molecular formula is C19H27ClN6O. The zero-order valence-corrected chi connectivity index (χ0v) is 16.3. The molecule has 2 saturated heterocycles. The summed E-state index contributed by atoms with van der Waals surface area (Å²) in [5.74, 6) is 0.865. The van der Waals surface area contributed by atoms with Gasteiger partial charge in [-0.25, -0.2) is 4.98 Å². The molecule has 0 aromatic carbocycles. The standard InChI is InChI=1S/C19H27ClN6O/c20-18-23-16-15(21-12-22-16)17(24-18)26-8-1-6-19(11-26)7-9-25(10-19)13-2-4-14(27)5-3-13/h12-14,27H,1-11H2,(H,21,22,23,24)/t13-,14-,19-/m1/s1. The number of hydrogen-bond acceptors (Lipinski definition) is 6. The molecule has 5 rings (SSSR count). The molecule has 2 aromatic rings. The number of halogens is 1. The van der Waals surface area contributed by atoms with Crippen molar-refractivity contribution in [2.24, 2.45) is 5.41 Å². The van der Waals surface area contributed by atoms with Crippen LogP contribution in [0.4, 0.5) is 5.82 Å². The molecule has 1 spiro atoms. The predicted molar refractivity (Wildman–Crippen MR) is 105 cm³/mol. The van der Waals surface area contributed by atoms with Crippen LogP contribution >= 0.6 is 11.6 Å². The van der Waals surface area contributed by atoms with E-state index in [4.69, 9.17) is 11.6 Å². The van der Waals surface area contributed by atoms with Gasteiger partial charge in [-0.3, -0.25) is 4.90 Å². The van der Waals surface area contributed by atoms with Gasteiger partial charge in [-0.05, 0) is 63.1 Å². The number of nitrogens with one attached hydrogen (secondary N) is 1. The number of nitrogens with zero attached hydrogens (tertiary/aromatic N) is 5. The van der Waals surface area contributed by atoms with Crippen LogP contribution in [0, 0.1) is 5.41 Å². The minimum absolute atomic E-state index is 0.0817. The quantitative estimate of drug-likeness (QED) is 0.767. The average molecular weight is 391 g/mol. The molecule has 0 amide bonds. The van der Waals surface area contributed by atoms with Gasteiger partial charge in [0, 0.05) is 31.1 Å². The molecule has 1 aliphatic carbocycles. The van der Waals surface area contributed by atoms with Gasteiger partial charge in [0.05, 0.1) is 12.4 Å². The third-order valence-corrected chi connectivity index (χ3v) is 7.01. The first-order valence-corrected chi connectivity index (χ1v) is 10.5. The van der Waals surface area contributed by atoms with Gasteiger partial charge in [0.15, 0.2) is 17.0 Å². The maximum atomic E-state index is 9.81. The largest absolute Gasteiger partial charge is 0.393 e. The van der Waals surface area contributed by atoms with Gasteiger partial charge in [0.1, 0.15) is 0 Å². The van der Waals surface area contributed by atoms with E-state index in [2.05, 4.69) is 29.7 Å². The maximum Gasteiger partial charge on any atom is 0.226 e. The number of likely N-dealkylation sites (tertiary alicyclic amines) is 1. The summed E-state index contributed by atoms with van der Waals surface area (Å²) in [5.41, 5.74) is 1.85. The number of aliphatic hydroxyl groups is 1. The van der Waals surface area contributed by atoms with Crippen LogP contribution < -0.4 is 4.90 Å². The van der Waals surface area contributed by atoms with Gasteiger partial charge in [0.2, 0.25) is 5.28 Å². The van der Waals surface area contributed by atoms with E-state index in [1.165, 1.54) is 25.8 Å². The number of imidazole rings is 1. The van der Waals surface area contributed by atoms with Crippen LogP contribution in [0.15, 0.2) is 6.33 Å². The first-order valence-electron chi connectivity index (χ1n) is 10.2. The molecule has 2 N–H and O–H groups in total. The molecular weight excluding hydrogens is 364 g/mol. The van der Waals surface area contributed by atoms with Crippen LogP contribution in [0.2, 0.25) is 5.28 Å². The second-order valence-corrected chi connectivity index (χ2v) is 8.96. The number of hydrogen-bond donors (Lipinski definition) is 2. The van der Waals surface area contributed by atoms with Crippen LogP contribution in [0.25, 0.3) is 11.2 Å². The fourth-order valence-electron chi connectivity index (χ4n) is 5.44. The average Bonchev–Trinajstić information content (AvgIpc) is 3.29. The summed E-state index contributed by atoms with van der Waals surface area (Å²) >= 11 is 6.16. The highest BCUT2D eigenvalue weighted by Gasteiger charge is 2.44. The van der Waals surface area contributed by atoms with E-state index in [0.717, 1.165) is 56.7 Å². The first kappa shape index (κ1) is 17.6. The Balaban J connectivity index is 1.34. The Morgan fingerprint density at radius 2 is 1.96 bits per heavy atom. The summed E-state index contributed by atoms with van der Waals surface area (Å²) in [5, 5.41) is 10.1. The van der Waals surface area contributed by atoms with Crippen molar-refractivity contribution in [2.75, 3.05) is 31.1 Å². The summed E-state index contributed by atoms with van der Waals surface area (Å²) in [4.78, 5) is 21.3. The van der Waals surface area contributed by atoms with Gasteiger partial charge in [-0.2, -0.15) is 9.97 Å². The minimum atomic E-state index is -0.0817. The van der Waals surface area contributed by atoms with E-state index in [-0.39, 0.29) is 11.4 Å². The van der Waals surface area contributed by atoms with Crippen molar-refractivity contribution >= 4 is 28.6 Å². The minimum Gasteiger partial charge on any atom is -0.393 e. The Hall–Kier alpha value is -1.44. The number of aromatic amines is 1. The van der Waals surface area contributed by atoms with Crippen molar-refractivity contribution in [2.45, 2.75) is 57.1 Å². The third kappa shape index (κ3) is 3.30. The number of anilines is 1. The lowest BCUT2D eigenvalue weighted by atomic mass is 9.79. The molecule has 1 saturated carbocycles. The number of fused-ring (bicyclic) bond motifs is 1. The Kier molecular flexibility index (Phi) is 4.49. The van der Waals surface area contributed by atoms with Gasteiger partial charge in [-0.1, -0.05) is 0 Å². The highest BCUT2D eigenvalue weighted by Crippen LogP contribution is 2.42. The molecule has 2 aromatic heterocycles. The second kappa shape index (κ2) is 6.87. The Labute approximate surface area is 164 Å². The number of rotatable bonds is 2. The molecule has 1 atom stereocenters. The molecule has 0 unspecified atom stereocenters. The molecule has 8 heteroatoms. The molecule has 2 aliphatic heterocycles. The summed E-state index contributed by atoms with van der Waals surface area (Å²) < 4.78 is 0.